The Morgan fingerprint density at radius 1 is 1.25 bits per heavy atom. The van der Waals surface area contributed by atoms with Crippen LogP contribution in [0.1, 0.15) is 68.6 Å². The Morgan fingerprint density at radius 2 is 2.00 bits per heavy atom. The maximum atomic E-state index is 15.1. The van der Waals surface area contributed by atoms with Crippen LogP contribution in [0.3, 0.4) is 0 Å². The predicted molar refractivity (Wildman–Crippen MR) is 147 cm³/mol. The van der Waals surface area contributed by atoms with Crippen LogP contribution in [0.4, 0.5) is 4.39 Å². The number of amidine groups is 1. The van der Waals surface area contributed by atoms with Crippen molar-refractivity contribution in [3.8, 4) is 22.9 Å². The van der Waals surface area contributed by atoms with Crippen LogP contribution in [0.5, 0.6) is 5.75 Å². The van der Waals surface area contributed by atoms with Gasteiger partial charge in [-0.3, -0.25) is 9.69 Å². The van der Waals surface area contributed by atoms with E-state index in [0.717, 1.165) is 61.4 Å². The van der Waals surface area contributed by atoms with Crippen molar-refractivity contribution in [3.63, 3.8) is 0 Å². The molecule has 40 heavy (non-hydrogen) atoms. The zero-order valence-corrected chi connectivity index (χ0v) is 23.1. The number of carbonyl (C=O) groups is 1. The normalized spacial score (nSPS) is 21.4. The Morgan fingerprint density at radius 3 is 2.62 bits per heavy atom. The molecule has 1 spiro atoms. The van der Waals surface area contributed by atoms with E-state index in [1.165, 1.54) is 6.07 Å². The third-order valence-electron chi connectivity index (χ3n) is 8.88. The Kier molecular flexibility index (Phi) is 6.70. The summed E-state index contributed by atoms with van der Waals surface area (Å²) in [7, 11) is 0. The monoisotopic (exact) mass is 546 g/mol. The fourth-order valence-corrected chi connectivity index (χ4v) is 6.30. The fraction of sp³-hybridized carbons (Fsp3) is 0.516. The Labute approximate surface area is 234 Å². The van der Waals surface area contributed by atoms with E-state index in [2.05, 4.69) is 21.0 Å². The van der Waals surface area contributed by atoms with E-state index in [1.54, 1.807) is 12.1 Å². The van der Waals surface area contributed by atoms with Gasteiger partial charge in [-0.25, -0.2) is 4.39 Å². The largest absolute Gasteiger partial charge is 0.493 e. The van der Waals surface area contributed by atoms with Crippen LogP contribution in [0.2, 0.25) is 0 Å². The van der Waals surface area contributed by atoms with Crippen molar-refractivity contribution in [2.45, 2.75) is 64.0 Å². The summed E-state index contributed by atoms with van der Waals surface area (Å²) in [4.78, 5) is 22.0. The first-order valence-electron chi connectivity index (χ1n) is 14.2. The van der Waals surface area contributed by atoms with Crippen molar-refractivity contribution in [1.29, 1.82) is 5.26 Å². The van der Waals surface area contributed by atoms with E-state index in [4.69, 9.17) is 9.57 Å². The number of likely N-dealkylation sites (tertiary alicyclic amines) is 2. The molecule has 4 aliphatic rings. The summed E-state index contributed by atoms with van der Waals surface area (Å²) in [6, 6.07) is 10.9. The van der Waals surface area contributed by atoms with Gasteiger partial charge >= 0.3 is 5.97 Å². The molecule has 8 nitrogen and oxygen atoms in total. The summed E-state index contributed by atoms with van der Waals surface area (Å²) in [5.74, 6) is 0.858. The molecular weight excluding hydrogens is 511 g/mol. The number of ether oxygens (including phenoxy) is 1. The molecule has 0 amide bonds. The van der Waals surface area contributed by atoms with Crippen LogP contribution >= 0.6 is 0 Å². The molecule has 1 N–H and O–H groups in total. The molecule has 0 aromatic heterocycles. The van der Waals surface area contributed by atoms with E-state index in [-0.39, 0.29) is 5.60 Å². The summed E-state index contributed by atoms with van der Waals surface area (Å²) in [6.45, 7) is 7.84. The van der Waals surface area contributed by atoms with Gasteiger partial charge in [0.2, 0.25) is 0 Å². The second kappa shape index (κ2) is 10.1. The number of piperidine rings is 1. The number of halogens is 1. The number of carboxylic acids is 1. The first kappa shape index (κ1) is 26.6. The highest BCUT2D eigenvalue weighted by Gasteiger charge is 2.51. The van der Waals surface area contributed by atoms with Crippen LogP contribution < -0.4 is 4.74 Å². The van der Waals surface area contributed by atoms with E-state index >= 15 is 4.39 Å². The molecule has 3 aliphatic heterocycles. The Bertz CT molecular complexity index is 1400. The molecule has 9 heteroatoms. The highest BCUT2D eigenvalue weighted by atomic mass is 19.1. The van der Waals surface area contributed by atoms with Gasteiger partial charge in [0, 0.05) is 43.9 Å². The molecule has 1 saturated carbocycles. The molecular formula is C31H35FN4O4. The van der Waals surface area contributed by atoms with Crippen molar-refractivity contribution >= 4 is 11.8 Å². The van der Waals surface area contributed by atoms with Gasteiger partial charge < -0.3 is 19.6 Å². The second-order valence-electron chi connectivity index (χ2n) is 12.0. The van der Waals surface area contributed by atoms with Crippen molar-refractivity contribution < 1.29 is 23.9 Å². The lowest BCUT2D eigenvalue weighted by Crippen LogP contribution is -2.61. The lowest BCUT2D eigenvalue weighted by Gasteiger charge is -2.45. The molecule has 2 saturated heterocycles. The van der Waals surface area contributed by atoms with Crippen LogP contribution in [-0.2, 0) is 16.2 Å². The van der Waals surface area contributed by atoms with Crippen LogP contribution in [0.25, 0.3) is 11.1 Å². The van der Waals surface area contributed by atoms with E-state index < -0.39 is 17.2 Å². The third kappa shape index (κ3) is 4.90. The summed E-state index contributed by atoms with van der Waals surface area (Å²) in [5, 5.41) is 23.1. The quantitative estimate of drug-likeness (QED) is 0.515. The maximum Gasteiger partial charge on any atom is 0.309 e. The first-order valence-corrected chi connectivity index (χ1v) is 14.2. The Balaban J connectivity index is 1.14. The van der Waals surface area contributed by atoms with Crippen molar-refractivity contribution in [2.24, 2.45) is 10.6 Å². The average molecular weight is 547 g/mol. The zero-order valence-electron chi connectivity index (χ0n) is 23.1. The standard InChI is InChI=1S/C31H35FN4O4/c1-3-39-26-14-21(12-24(22-5-6-22)28(26)23-7-4-20(16-33)13-25(23)32)17-35-18-31(19-35)15-27(34-40-31)36-10-8-30(2,9-11-36)29(37)38/h4,7,12-14,22H,3,5-6,8-11,15,17-19H2,1-2H3,(H,37,38). The van der Waals surface area contributed by atoms with Gasteiger partial charge in [-0.1, -0.05) is 11.2 Å². The van der Waals surface area contributed by atoms with Gasteiger partial charge in [0.1, 0.15) is 17.4 Å². The van der Waals surface area contributed by atoms with Crippen molar-refractivity contribution in [3.05, 3.63) is 52.8 Å². The SMILES string of the molecule is CCOc1cc(CN2CC3(CC(N4CCC(C)(C(=O)O)CC4)=NO3)C2)cc(C2CC2)c1-c1ccc(C#N)cc1F. The third-order valence-corrected chi connectivity index (χ3v) is 8.88. The fourth-order valence-electron chi connectivity index (χ4n) is 6.30. The number of aliphatic carboxylic acids is 1. The van der Waals surface area contributed by atoms with E-state index in [1.807, 2.05) is 26.0 Å². The van der Waals surface area contributed by atoms with Gasteiger partial charge in [-0.2, -0.15) is 5.26 Å². The minimum absolute atomic E-state index is 0.302. The van der Waals surface area contributed by atoms with Gasteiger partial charge in [0.05, 0.1) is 30.1 Å². The van der Waals surface area contributed by atoms with Gasteiger partial charge in [0.15, 0.2) is 5.60 Å². The lowest BCUT2D eigenvalue weighted by atomic mass is 9.80. The van der Waals surface area contributed by atoms with Gasteiger partial charge in [0.25, 0.3) is 0 Å². The lowest BCUT2D eigenvalue weighted by molar-refractivity contribution is -0.150. The number of nitrogens with zero attached hydrogens (tertiary/aromatic N) is 4. The maximum absolute atomic E-state index is 15.1. The molecule has 0 radical (unpaired) electrons. The highest BCUT2D eigenvalue weighted by molar-refractivity contribution is 5.85. The summed E-state index contributed by atoms with van der Waals surface area (Å²) < 4.78 is 21.2. The van der Waals surface area contributed by atoms with E-state index in [0.29, 0.717) is 55.3 Å². The number of nitriles is 1. The van der Waals surface area contributed by atoms with Crippen LogP contribution in [0, 0.1) is 22.6 Å². The highest BCUT2D eigenvalue weighted by Crippen LogP contribution is 2.49. The molecule has 3 heterocycles. The molecule has 2 aromatic rings. The molecule has 3 fully saturated rings. The van der Waals surface area contributed by atoms with Gasteiger partial charge in [-0.05, 0) is 80.8 Å². The van der Waals surface area contributed by atoms with Crippen molar-refractivity contribution in [2.75, 3.05) is 32.8 Å². The predicted octanol–water partition coefficient (Wildman–Crippen LogP) is 5.12. The smallest absolute Gasteiger partial charge is 0.309 e. The molecule has 0 atom stereocenters. The molecule has 2 aromatic carbocycles. The van der Waals surface area contributed by atoms with E-state index in [9.17, 15) is 15.2 Å². The van der Waals surface area contributed by atoms with Crippen molar-refractivity contribution in [1.82, 2.24) is 9.80 Å². The number of rotatable bonds is 7. The number of hydrogen-bond donors (Lipinski definition) is 1. The van der Waals surface area contributed by atoms with Crippen LogP contribution in [0.15, 0.2) is 35.5 Å². The number of carboxylic acid groups (broad SMARTS) is 1. The topological polar surface area (TPSA) is 98.4 Å². The number of hydrogen-bond acceptors (Lipinski definition) is 7. The summed E-state index contributed by atoms with van der Waals surface area (Å²) >= 11 is 0. The zero-order chi connectivity index (χ0) is 28.1. The first-order chi connectivity index (χ1) is 19.2. The minimum atomic E-state index is -0.727. The average Bonchev–Trinajstić information content (AvgIpc) is 3.67. The molecule has 0 bridgehead atoms. The summed E-state index contributed by atoms with van der Waals surface area (Å²) in [5.41, 5.74) is 2.83. The summed E-state index contributed by atoms with van der Waals surface area (Å²) in [6.07, 6.45) is 4.09. The second-order valence-corrected chi connectivity index (χ2v) is 12.0. The number of oxime groups is 1. The van der Waals surface area contributed by atoms with Crippen LogP contribution in [-0.4, -0.2) is 65.1 Å². The molecule has 1 aliphatic carbocycles. The Hall–Kier alpha value is -3.64. The molecule has 6 rings (SSSR count). The molecule has 210 valence electrons. The minimum Gasteiger partial charge on any atom is -0.493 e. The molecule has 0 unspecified atom stereocenters. The van der Waals surface area contributed by atoms with Gasteiger partial charge in [-0.15, -0.1) is 0 Å². The number of benzene rings is 2.